The van der Waals surface area contributed by atoms with Gasteiger partial charge < -0.3 is 11.8 Å². The number of hydrogen-bond acceptors (Lipinski definition) is 5. The number of aromatic nitrogens is 2. The molecule has 0 unspecified atom stereocenters. The Bertz CT molecular complexity index is 756. The van der Waals surface area contributed by atoms with Crippen LogP contribution < -0.4 is 56.7 Å². The van der Waals surface area contributed by atoms with E-state index in [2.05, 4.69) is 15.3 Å². The minimum Gasteiger partial charge on any atom is -1.00 e. The SMILES string of the molecule is CC1(Nc2cc(C(F)F)c(-c3csc(C(=O)O)n3)cn2)CCC1.[H-].[K+]. The molecule has 1 saturated carbocycles. The second kappa shape index (κ2) is 7.84. The van der Waals surface area contributed by atoms with E-state index in [0.717, 1.165) is 30.6 Å². The van der Waals surface area contributed by atoms with Gasteiger partial charge in [-0.25, -0.2) is 23.5 Å². The average Bonchev–Trinajstić information content (AvgIpc) is 2.95. The Hall–Kier alpha value is -0.454. The van der Waals surface area contributed by atoms with E-state index in [9.17, 15) is 13.6 Å². The van der Waals surface area contributed by atoms with E-state index in [0.29, 0.717) is 5.82 Å². The first-order valence-electron chi connectivity index (χ1n) is 7.13. The van der Waals surface area contributed by atoms with Gasteiger partial charge in [0.1, 0.15) is 5.82 Å². The maximum absolute atomic E-state index is 13.4. The molecule has 24 heavy (non-hydrogen) atoms. The van der Waals surface area contributed by atoms with Crippen LogP contribution in [0.1, 0.15) is 49.4 Å². The number of anilines is 1. The van der Waals surface area contributed by atoms with E-state index in [1.165, 1.54) is 17.6 Å². The van der Waals surface area contributed by atoms with Crippen LogP contribution in [-0.2, 0) is 0 Å². The summed E-state index contributed by atoms with van der Waals surface area (Å²) in [7, 11) is 0. The number of thiazole rings is 1. The zero-order valence-corrected chi connectivity index (χ0v) is 17.3. The van der Waals surface area contributed by atoms with Crippen molar-refractivity contribution in [1.29, 1.82) is 0 Å². The predicted octanol–water partition coefficient (Wildman–Crippen LogP) is 1.31. The van der Waals surface area contributed by atoms with Crippen LogP contribution in [0.5, 0.6) is 0 Å². The van der Waals surface area contributed by atoms with Gasteiger partial charge in [-0.1, -0.05) is 0 Å². The van der Waals surface area contributed by atoms with Gasteiger partial charge >= 0.3 is 57.4 Å². The summed E-state index contributed by atoms with van der Waals surface area (Å²) in [5, 5.41) is 13.4. The van der Waals surface area contributed by atoms with Crippen LogP contribution in [0.25, 0.3) is 11.3 Å². The summed E-state index contributed by atoms with van der Waals surface area (Å²) in [6, 6.07) is 1.32. The molecule has 0 aliphatic heterocycles. The Morgan fingerprint density at radius 1 is 1.50 bits per heavy atom. The second-order valence-corrected chi connectivity index (χ2v) is 6.70. The molecule has 2 heterocycles. The third-order valence-corrected chi connectivity index (χ3v) is 4.85. The maximum atomic E-state index is 13.4. The first-order chi connectivity index (χ1) is 10.9. The molecule has 3 rings (SSSR count). The van der Waals surface area contributed by atoms with Crippen LogP contribution in [0.15, 0.2) is 17.6 Å². The molecule has 1 aliphatic carbocycles. The van der Waals surface area contributed by atoms with Crippen LogP contribution in [0.4, 0.5) is 14.6 Å². The number of pyridine rings is 1. The smallest absolute Gasteiger partial charge is 1.00 e. The molecule has 2 aromatic heterocycles. The fraction of sp³-hybridized carbons (Fsp3) is 0.400. The quantitative estimate of drug-likeness (QED) is 0.767. The van der Waals surface area contributed by atoms with Gasteiger partial charge in [-0.2, -0.15) is 0 Å². The van der Waals surface area contributed by atoms with E-state index in [-0.39, 0.29) is 80.2 Å². The number of carboxylic acids is 1. The third kappa shape index (κ3) is 4.20. The van der Waals surface area contributed by atoms with E-state index in [1.807, 2.05) is 6.92 Å². The van der Waals surface area contributed by atoms with Gasteiger partial charge in [-0.05, 0) is 32.3 Å². The molecular formula is C15H16F2KN3O2S. The number of alkyl halides is 2. The van der Waals surface area contributed by atoms with Crippen LogP contribution in [-0.4, -0.2) is 26.6 Å². The van der Waals surface area contributed by atoms with E-state index in [4.69, 9.17) is 5.11 Å². The molecule has 0 amide bonds. The van der Waals surface area contributed by atoms with Crippen molar-refractivity contribution in [2.24, 2.45) is 0 Å². The fourth-order valence-electron chi connectivity index (χ4n) is 2.57. The Balaban J connectivity index is 0.00000156. The van der Waals surface area contributed by atoms with Crippen molar-refractivity contribution in [3.8, 4) is 11.3 Å². The molecule has 2 N–H and O–H groups in total. The van der Waals surface area contributed by atoms with Crippen LogP contribution in [0, 0.1) is 0 Å². The van der Waals surface area contributed by atoms with Gasteiger partial charge in [0.2, 0.25) is 5.01 Å². The van der Waals surface area contributed by atoms with E-state index in [1.54, 1.807) is 0 Å². The Kier molecular flexibility index (Phi) is 6.49. The molecule has 0 spiro atoms. The van der Waals surface area contributed by atoms with Crippen LogP contribution in [0.3, 0.4) is 0 Å². The van der Waals surface area contributed by atoms with Crippen molar-refractivity contribution in [3.05, 3.63) is 28.2 Å². The van der Waals surface area contributed by atoms with Gasteiger partial charge in [-0.15, -0.1) is 11.3 Å². The first kappa shape index (κ1) is 19.9. The normalized spacial score (nSPS) is 15.5. The number of hydrogen-bond donors (Lipinski definition) is 2. The van der Waals surface area contributed by atoms with Crippen molar-refractivity contribution in [3.63, 3.8) is 0 Å². The van der Waals surface area contributed by atoms with Crippen LogP contribution in [0.2, 0.25) is 0 Å². The zero-order chi connectivity index (χ0) is 16.6. The molecule has 0 atom stereocenters. The molecule has 9 heteroatoms. The van der Waals surface area contributed by atoms with Gasteiger partial charge in [0, 0.05) is 28.2 Å². The summed E-state index contributed by atoms with van der Waals surface area (Å²) in [6.07, 6.45) is 1.70. The van der Waals surface area contributed by atoms with E-state index >= 15 is 0 Å². The fourth-order valence-corrected chi connectivity index (χ4v) is 3.23. The second-order valence-electron chi connectivity index (χ2n) is 5.84. The average molecular weight is 379 g/mol. The van der Waals surface area contributed by atoms with Crippen molar-refractivity contribution in [1.82, 2.24) is 9.97 Å². The monoisotopic (exact) mass is 379 g/mol. The minimum atomic E-state index is -2.70. The number of carboxylic acid groups (broad SMARTS) is 1. The van der Waals surface area contributed by atoms with Crippen molar-refractivity contribution < 1.29 is 71.5 Å². The molecule has 0 bridgehead atoms. The molecule has 0 saturated heterocycles. The summed E-state index contributed by atoms with van der Waals surface area (Å²) < 4.78 is 26.8. The van der Waals surface area contributed by atoms with E-state index < -0.39 is 12.4 Å². The number of nitrogens with one attached hydrogen (secondary N) is 1. The standard InChI is InChI=1S/C15H15F2N3O2S.K.H/c1-15(3-2-4-15)20-11-5-8(12(16)17)9(6-18-11)10-7-23-13(19-10)14(21)22;;/h5-7,12H,2-4H2,1H3,(H,18,20)(H,21,22);;/q;+1;-1. The Morgan fingerprint density at radius 2 is 2.21 bits per heavy atom. The number of rotatable bonds is 5. The van der Waals surface area contributed by atoms with Crippen molar-refractivity contribution in [2.45, 2.75) is 38.2 Å². The molecule has 2 aromatic rings. The minimum absolute atomic E-state index is 0. The summed E-state index contributed by atoms with van der Waals surface area (Å²) >= 11 is 0.901. The van der Waals surface area contributed by atoms with Crippen molar-refractivity contribution >= 4 is 23.1 Å². The third-order valence-electron chi connectivity index (χ3n) is 4.02. The van der Waals surface area contributed by atoms with Crippen molar-refractivity contribution in [2.75, 3.05) is 5.32 Å². The summed E-state index contributed by atoms with van der Waals surface area (Å²) in [6.45, 7) is 2.04. The maximum Gasteiger partial charge on any atom is 1.00 e. The number of carbonyl (C=O) groups is 1. The van der Waals surface area contributed by atoms with Crippen LogP contribution >= 0.6 is 11.3 Å². The predicted molar refractivity (Wildman–Crippen MR) is 84.3 cm³/mol. The van der Waals surface area contributed by atoms with Gasteiger partial charge in [0.05, 0.1) is 5.69 Å². The van der Waals surface area contributed by atoms with Gasteiger partial charge in [-0.3, -0.25) is 0 Å². The molecule has 1 fully saturated rings. The van der Waals surface area contributed by atoms with Gasteiger partial charge in [0.25, 0.3) is 6.43 Å². The van der Waals surface area contributed by atoms with Gasteiger partial charge in [0.15, 0.2) is 0 Å². The number of halogens is 2. The number of aromatic carboxylic acids is 1. The molecule has 0 aromatic carbocycles. The molecule has 5 nitrogen and oxygen atoms in total. The Morgan fingerprint density at radius 3 is 2.71 bits per heavy atom. The topological polar surface area (TPSA) is 75.1 Å². The molecule has 0 radical (unpaired) electrons. The molecular weight excluding hydrogens is 363 g/mol. The zero-order valence-electron chi connectivity index (χ0n) is 14.3. The number of nitrogens with zero attached hydrogens (tertiary/aromatic N) is 2. The summed E-state index contributed by atoms with van der Waals surface area (Å²) in [5.74, 6) is -0.774. The summed E-state index contributed by atoms with van der Waals surface area (Å²) in [4.78, 5) is 19.0. The first-order valence-corrected chi connectivity index (χ1v) is 8.01. The molecule has 124 valence electrons. The largest absolute Gasteiger partial charge is 1.00 e. The molecule has 1 aliphatic rings. The summed E-state index contributed by atoms with van der Waals surface area (Å²) in [5.41, 5.74) is 0.0720. The Labute approximate surface area is 185 Å².